The molecule has 1 aliphatic carbocycles. The average molecular weight is 419 g/mol. The Hall–Kier alpha value is -4.08. The molecular formula is C21H20N8O2. The monoisotopic (exact) mass is 419 g/mol. The number of nitrogens with one attached hydrogen (secondary N) is 3. The molecule has 4 aromatic heterocycles. The van der Waals surface area contributed by atoms with Crippen molar-refractivity contribution in [1.82, 2.24) is 35.0 Å². The summed E-state index contributed by atoms with van der Waals surface area (Å²) in [6.45, 7) is -2.66. The van der Waals surface area contributed by atoms with Gasteiger partial charge in [-0.15, -0.1) is 0 Å². The molecule has 0 aliphatic heterocycles. The average Bonchev–Trinajstić information content (AvgIpc) is 3.39. The number of nitrogens with zero attached hydrogens (tertiary/aromatic N) is 5. The number of aryl methyl sites for hydroxylation is 1. The second-order valence-electron chi connectivity index (χ2n) is 7.38. The van der Waals surface area contributed by atoms with E-state index in [0.29, 0.717) is 28.1 Å². The van der Waals surface area contributed by atoms with Gasteiger partial charge in [-0.25, -0.2) is 9.97 Å². The smallest absolute Gasteiger partial charge is 0.253 e. The topological polar surface area (TPSA) is 130 Å². The molecule has 31 heavy (non-hydrogen) atoms. The fraction of sp³-hybridized carbons (Fsp3) is 0.238. The quantitative estimate of drug-likeness (QED) is 0.454. The van der Waals surface area contributed by atoms with E-state index in [4.69, 9.17) is 4.11 Å². The summed E-state index contributed by atoms with van der Waals surface area (Å²) in [6.07, 6.45) is 6.10. The first-order chi connectivity index (χ1) is 16.2. The zero-order chi connectivity index (χ0) is 24.0. The Morgan fingerprint density at radius 1 is 1.26 bits per heavy atom. The van der Waals surface area contributed by atoms with Gasteiger partial charge >= 0.3 is 0 Å². The summed E-state index contributed by atoms with van der Waals surface area (Å²) in [5.41, 5.74) is 2.28. The molecule has 0 atom stereocenters. The molecule has 1 aliphatic rings. The zero-order valence-electron chi connectivity index (χ0n) is 19.5. The van der Waals surface area contributed by atoms with E-state index in [1.165, 1.54) is 6.20 Å². The molecule has 2 amide bonds. The molecule has 1 saturated carbocycles. The SMILES string of the molecule is [2H]C([2H])([2H])NC(=O)c1cnc(NC(=O)C2CC2)c2[nH]c(-c3cc(-c4ncn(C)n4)ccn3)cc12. The molecule has 0 bridgehead atoms. The van der Waals surface area contributed by atoms with Gasteiger partial charge in [0.05, 0.1) is 22.5 Å². The Labute approximate surface area is 181 Å². The van der Waals surface area contributed by atoms with Crippen LogP contribution in [0.2, 0.25) is 0 Å². The van der Waals surface area contributed by atoms with Crippen molar-refractivity contribution in [2.24, 2.45) is 13.0 Å². The van der Waals surface area contributed by atoms with Crippen LogP contribution in [0.4, 0.5) is 5.82 Å². The van der Waals surface area contributed by atoms with Crippen LogP contribution in [0.15, 0.2) is 36.9 Å². The molecule has 4 aromatic rings. The van der Waals surface area contributed by atoms with E-state index in [1.54, 1.807) is 42.5 Å². The van der Waals surface area contributed by atoms with E-state index in [9.17, 15) is 9.59 Å². The number of hydrogen-bond donors (Lipinski definition) is 3. The molecule has 0 saturated heterocycles. The van der Waals surface area contributed by atoms with Crippen LogP contribution in [-0.2, 0) is 11.8 Å². The van der Waals surface area contributed by atoms with Crippen LogP contribution < -0.4 is 10.6 Å². The highest BCUT2D eigenvalue weighted by atomic mass is 16.2. The molecule has 4 heterocycles. The number of aromatic amines is 1. The van der Waals surface area contributed by atoms with Gasteiger partial charge < -0.3 is 15.6 Å². The van der Waals surface area contributed by atoms with E-state index in [2.05, 4.69) is 30.4 Å². The number of aromatic nitrogens is 6. The van der Waals surface area contributed by atoms with Crippen LogP contribution in [0.3, 0.4) is 0 Å². The second-order valence-corrected chi connectivity index (χ2v) is 7.38. The highest BCUT2D eigenvalue weighted by Crippen LogP contribution is 2.33. The Bertz CT molecular complexity index is 1420. The molecular weight excluding hydrogens is 396 g/mol. The molecule has 156 valence electrons. The summed E-state index contributed by atoms with van der Waals surface area (Å²) in [4.78, 5) is 41.1. The lowest BCUT2D eigenvalue weighted by atomic mass is 10.1. The van der Waals surface area contributed by atoms with Crippen LogP contribution >= 0.6 is 0 Å². The van der Waals surface area contributed by atoms with Crippen molar-refractivity contribution in [3.05, 3.63) is 42.5 Å². The molecule has 0 spiro atoms. The predicted molar refractivity (Wildman–Crippen MR) is 114 cm³/mol. The van der Waals surface area contributed by atoms with Crippen molar-refractivity contribution in [2.45, 2.75) is 12.8 Å². The predicted octanol–water partition coefficient (Wildman–Crippen LogP) is 2.13. The van der Waals surface area contributed by atoms with E-state index in [-0.39, 0.29) is 23.2 Å². The van der Waals surface area contributed by atoms with Crippen LogP contribution in [-0.4, -0.2) is 48.5 Å². The largest absolute Gasteiger partial charge is 0.355 e. The number of fused-ring (bicyclic) bond motifs is 1. The van der Waals surface area contributed by atoms with Crippen molar-refractivity contribution >= 4 is 28.5 Å². The third-order valence-corrected chi connectivity index (χ3v) is 5.11. The summed E-state index contributed by atoms with van der Waals surface area (Å²) in [6, 6.07) is 5.24. The van der Waals surface area contributed by atoms with Gasteiger partial charge in [0.1, 0.15) is 6.33 Å². The third-order valence-electron chi connectivity index (χ3n) is 5.11. The Balaban J connectivity index is 1.59. The molecule has 5 rings (SSSR count). The van der Waals surface area contributed by atoms with Crippen LogP contribution in [0.25, 0.3) is 33.7 Å². The molecule has 0 radical (unpaired) electrons. The first-order valence-electron chi connectivity index (χ1n) is 11.2. The molecule has 0 unspecified atom stereocenters. The maximum atomic E-state index is 12.7. The van der Waals surface area contributed by atoms with Gasteiger partial charge in [0, 0.05) is 47.4 Å². The lowest BCUT2D eigenvalue weighted by molar-refractivity contribution is -0.117. The maximum absolute atomic E-state index is 12.7. The Morgan fingerprint density at radius 3 is 2.87 bits per heavy atom. The minimum atomic E-state index is -2.66. The number of amides is 2. The molecule has 1 fully saturated rings. The van der Waals surface area contributed by atoms with E-state index in [1.807, 2.05) is 5.32 Å². The normalized spacial score (nSPS) is 15.2. The highest BCUT2D eigenvalue weighted by molar-refractivity contribution is 6.11. The van der Waals surface area contributed by atoms with Crippen molar-refractivity contribution in [1.29, 1.82) is 0 Å². The van der Waals surface area contributed by atoms with Gasteiger partial charge in [-0.2, -0.15) is 5.10 Å². The number of hydrogen-bond acceptors (Lipinski definition) is 6. The van der Waals surface area contributed by atoms with Gasteiger partial charge in [-0.1, -0.05) is 0 Å². The molecule has 10 heteroatoms. The number of carbonyl (C=O) groups is 2. The fourth-order valence-corrected chi connectivity index (χ4v) is 3.35. The molecule has 10 nitrogen and oxygen atoms in total. The number of anilines is 1. The van der Waals surface area contributed by atoms with Gasteiger partial charge in [-0.05, 0) is 31.0 Å². The zero-order valence-corrected chi connectivity index (χ0v) is 16.5. The molecule has 3 N–H and O–H groups in total. The van der Waals surface area contributed by atoms with Crippen molar-refractivity contribution < 1.29 is 13.7 Å². The van der Waals surface area contributed by atoms with Crippen molar-refractivity contribution in [3.63, 3.8) is 0 Å². The fourth-order valence-electron chi connectivity index (χ4n) is 3.35. The van der Waals surface area contributed by atoms with E-state index >= 15 is 0 Å². The minimum Gasteiger partial charge on any atom is -0.355 e. The third kappa shape index (κ3) is 3.52. The van der Waals surface area contributed by atoms with Gasteiger partial charge in [-0.3, -0.25) is 19.3 Å². The first kappa shape index (κ1) is 15.7. The van der Waals surface area contributed by atoms with Crippen LogP contribution in [0.5, 0.6) is 0 Å². The summed E-state index contributed by atoms with van der Waals surface area (Å²) in [5.74, 6) is -0.215. The summed E-state index contributed by atoms with van der Waals surface area (Å²) >= 11 is 0. The standard InChI is InChI=1S/C21H20N8O2/c1-22-21(31)14-9-24-19(27-20(30)11-3-4-11)17-13(14)8-16(26-17)15-7-12(5-6-23-15)18-25-10-29(2)28-18/h5-11,26H,3-4H2,1-2H3,(H,22,31)(H,24,27,30)/i1D3. The maximum Gasteiger partial charge on any atom is 0.253 e. The van der Waals surface area contributed by atoms with Gasteiger partial charge in [0.15, 0.2) is 11.6 Å². The first-order valence-corrected chi connectivity index (χ1v) is 9.65. The van der Waals surface area contributed by atoms with Gasteiger partial charge in [0.2, 0.25) is 5.91 Å². The van der Waals surface area contributed by atoms with Crippen LogP contribution in [0, 0.1) is 5.92 Å². The van der Waals surface area contributed by atoms with E-state index in [0.717, 1.165) is 18.4 Å². The number of H-pyrrole nitrogens is 1. The van der Waals surface area contributed by atoms with E-state index < -0.39 is 12.9 Å². The Kier molecular flexibility index (Phi) is 3.71. The summed E-state index contributed by atoms with van der Waals surface area (Å²) in [7, 11) is 1.77. The van der Waals surface area contributed by atoms with Gasteiger partial charge in [0.25, 0.3) is 5.91 Å². The lowest BCUT2D eigenvalue weighted by Crippen LogP contribution is -2.19. The molecule has 0 aromatic carbocycles. The highest BCUT2D eigenvalue weighted by Gasteiger charge is 2.30. The second kappa shape index (κ2) is 7.31. The minimum absolute atomic E-state index is 0.0472. The van der Waals surface area contributed by atoms with Crippen molar-refractivity contribution in [2.75, 3.05) is 12.3 Å². The lowest BCUT2D eigenvalue weighted by Gasteiger charge is -2.07. The number of pyridine rings is 2. The van der Waals surface area contributed by atoms with Crippen molar-refractivity contribution in [3.8, 4) is 22.8 Å². The Morgan fingerprint density at radius 2 is 2.13 bits per heavy atom. The number of rotatable bonds is 5. The van der Waals surface area contributed by atoms with Crippen LogP contribution in [0.1, 0.15) is 27.3 Å². The summed E-state index contributed by atoms with van der Waals surface area (Å²) in [5, 5.41) is 9.49. The number of carbonyl (C=O) groups excluding carboxylic acids is 2. The summed E-state index contributed by atoms with van der Waals surface area (Å²) < 4.78 is 23.6.